The molecule has 1 N–H and O–H groups in total. The van der Waals surface area contributed by atoms with Crippen LogP contribution in [0.25, 0.3) is 0 Å². The van der Waals surface area contributed by atoms with Gasteiger partial charge in [-0.3, -0.25) is 4.79 Å². The first-order valence-corrected chi connectivity index (χ1v) is 7.47. The zero-order valence-corrected chi connectivity index (χ0v) is 13.5. The van der Waals surface area contributed by atoms with Crippen LogP contribution < -0.4 is 10.1 Å². The van der Waals surface area contributed by atoms with Crippen molar-refractivity contribution in [1.29, 1.82) is 0 Å². The molecule has 0 aliphatic carbocycles. The molecular formula is C17H15ClFNO4. The van der Waals surface area contributed by atoms with Crippen LogP contribution in [-0.4, -0.2) is 24.6 Å². The molecule has 0 bridgehead atoms. The Morgan fingerprint density at radius 1 is 1.21 bits per heavy atom. The molecule has 0 saturated carbocycles. The quantitative estimate of drug-likeness (QED) is 0.810. The van der Waals surface area contributed by atoms with Gasteiger partial charge in [0, 0.05) is 0 Å². The SMILES string of the molecule is C[C@H](OC(=O)COc1ccccc1)C(=O)Nc1ccc(F)cc1Cl. The third kappa shape index (κ3) is 5.24. The van der Waals surface area contributed by atoms with Crippen molar-refractivity contribution < 1.29 is 23.5 Å². The second-order valence-corrected chi connectivity index (χ2v) is 5.25. The highest BCUT2D eigenvalue weighted by molar-refractivity contribution is 6.33. The Hall–Kier alpha value is -2.60. The molecule has 0 heterocycles. The fourth-order valence-electron chi connectivity index (χ4n) is 1.77. The predicted molar refractivity (Wildman–Crippen MR) is 87.5 cm³/mol. The lowest BCUT2D eigenvalue weighted by atomic mass is 10.3. The molecule has 0 spiro atoms. The Morgan fingerprint density at radius 2 is 1.92 bits per heavy atom. The van der Waals surface area contributed by atoms with Gasteiger partial charge in [0.2, 0.25) is 0 Å². The average molecular weight is 352 g/mol. The summed E-state index contributed by atoms with van der Waals surface area (Å²) in [4.78, 5) is 23.7. The monoisotopic (exact) mass is 351 g/mol. The molecule has 0 radical (unpaired) electrons. The molecule has 24 heavy (non-hydrogen) atoms. The molecule has 0 aliphatic heterocycles. The van der Waals surface area contributed by atoms with Crippen LogP contribution in [0.15, 0.2) is 48.5 Å². The first kappa shape index (κ1) is 17.7. The van der Waals surface area contributed by atoms with Gasteiger partial charge in [-0.15, -0.1) is 0 Å². The van der Waals surface area contributed by atoms with E-state index < -0.39 is 23.8 Å². The number of amides is 1. The Kier molecular flexibility index (Phi) is 6.14. The maximum Gasteiger partial charge on any atom is 0.344 e. The van der Waals surface area contributed by atoms with Gasteiger partial charge in [0.05, 0.1) is 10.7 Å². The van der Waals surface area contributed by atoms with Gasteiger partial charge < -0.3 is 14.8 Å². The molecule has 0 aromatic heterocycles. The van der Waals surface area contributed by atoms with Crippen molar-refractivity contribution in [3.63, 3.8) is 0 Å². The minimum atomic E-state index is -1.06. The second kappa shape index (κ2) is 8.31. The van der Waals surface area contributed by atoms with E-state index in [0.29, 0.717) is 5.75 Å². The summed E-state index contributed by atoms with van der Waals surface area (Å²) in [5.74, 6) is -1.27. The Labute approximate surface area is 143 Å². The molecule has 0 fully saturated rings. The van der Waals surface area contributed by atoms with Gasteiger partial charge in [0.15, 0.2) is 12.7 Å². The fraction of sp³-hybridized carbons (Fsp3) is 0.176. The molecule has 1 atom stereocenters. The third-order valence-electron chi connectivity index (χ3n) is 2.97. The van der Waals surface area contributed by atoms with Gasteiger partial charge in [0.25, 0.3) is 5.91 Å². The number of ether oxygens (including phenoxy) is 2. The molecule has 7 heteroatoms. The van der Waals surface area contributed by atoms with E-state index in [2.05, 4.69) is 5.32 Å². The fourth-order valence-corrected chi connectivity index (χ4v) is 1.98. The van der Waals surface area contributed by atoms with E-state index in [0.717, 1.165) is 12.1 Å². The Bertz CT molecular complexity index is 724. The Morgan fingerprint density at radius 3 is 2.58 bits per heavy atom. The molecule has 126 valence electrons. The van der Waals surface area contributed by atoms with Crippen molar-refractivity contribution in [1.82, 2.24) is 0 Å². The van der Waals surface area contributed by atoms with E-state index in [-0.39, 0.29) is 17.3 Å². The summed E-state index contributed by atoms with van der Waals surface area (Å²) in [7, 11) is 0. The lowest BCUT2D eigenvalue weighted by Crippen LogP contribution is -2.31. The van der Waals surface area contributed by atoms with E-state index in [4.69, 9.17) is 21.1 Å². The lowest BCUT2D eigenvalue weighted by Gasteiger charge is -2.14. The number of para-hydroxylation sites is 1. The molecule has 2 aromatic carbocycles. The number of rotatable bonds is 6. The summed E-state index contributed by atoms with van der Waals surface area (Å²) < 4.78 is 23.2. The third-order valence-corrected chi connectivity index (χ3v) is 3.28. The first-order valence-electron chi connectivity index (χ1n) is 7.09. The van der Waals surface area contributed by atoms with Crippen LogP contribution in [0.3, 0.4) is 0 Å². The maximum absolute atomic E-state index is 13.0. The second-order valence-electron chi connectivity index (χ2n) is 4.85. The van der Waals surface area contributed by atoms with Crippen LogP contribution in [-0.2, 0) is 14.3 Å². The van der Waals surface area contributed by atoms with Crippen LogP contribution in [0.4, 0.5) is 10.1 Å². The largest absolute Gasteiger partial charge is 0.482 e. The summed E-state index contributed by atoms with van der Waals surface area (Å²) >= 11 is 5.82. The van der Waals surface area contributed by atoms with Gasteiger partial charge in [-0.2, -0.15) is 0 Å². The highest BCUT2D eigenvalue weighted by atomic mass is 35.5. The lowest BCUT2D eigenvalue weighted by molar-refractivity contribution is -0.155. The van der Waals surface area contributed by atoms with Crippen LogP contribution in [0.5, 0.6) is 5.75 Å². The molecule has 0 unspecified atom stereocenters. The average Bonchev–Trinajstić information content (AvgIpc) is 2.56. The molecule has 2 rings (SSSR count). The highest BCUT2D eigenvalue weighted by Gasteiger charge is 2.19. The summed E-state index contributed by atoms with van der Waals surface area (Å²) in [5, 5.41) is 2.51. The van der Waals surface area contributed by atoms with Crippen molar-refractivity contribution in [2.45, 2.75) is 13.0 Å². The van der Waals surface area contributed by atoms with Crippen molar-refractivity contribution in [3.8, 4) is 5.75 Å². The molecule has 1 amide bonds. The summed E-state index contributed by atoms with van der Waals surface area (Å²) in [6, 6.07) is 12.3. The number of carbonyl (C=O) groups excluding carboxylic acids is 2. The van der Waals surface area contributed by atoms with Crippen molar-refractivity contribution in [2.24, 2.45) is 0 Å². The van der Waals surface area contributed by atoms with Crippen LogP contribution in [0.1, 0.15) is 6.92 Å². The predicted octanol–water partition coefficient (Wildman–Crippen LogP) is 3.43. The van der Waals surface area contributed by atoms with E-state index in [9.17, 15) is 14.0 Å². The highest BCUT2D eigenvalue weighted by Crippen LogP contribution is 2.22. The maximum atomic E-state index is 13.0. The first-order chi connectivity index (χ1) is 11.5. The number of hydrogen-bond acceptors (Lipinski definition) is 4. The zero-order chi connectivity index (χ0) is 17.5. The smallest absolute Gasteiger partial charge is 0.344 e. The van der Waals surface area contributed by atoms with E-state index >= 15 is 0 Å². The van der Waals surface area contributed by atoms with Gasteiger partial charge >= 0.3 is 5.97 Å². The number of benzene rings is 2. The van der Waals surface area contributed by atoms with Crippen molar-refractivity contribution in [3.05, 3.63) is 59.4 Å². The van der Waals surface area contributed by atoms with E-state index in [1.165, 1.54) is 13.0 Å². The molecule has 5 nitrogen and oxygen atoms in total. The minimum Gasteiger partial charge on any atom is -0.482 e. The Balaban J connectivity index is 1.83. The number of halogens is 2. The number of hydrogen-bond donors (Lipinski definition) is 1. The number of anilines is 1. The van der Waals surface area contributed by atoms with Gasteiger partial charge in [-0.1, -0.05) is 29.8 Å². The topological polar surface area (TPSA) is 64.6 Å². The van der Waals surface area contributed by atoms with Crippen LogP contribution in [0.2, 0.25) is 5.02 Å². The van der Waals surface area contributed by atoms with Crippen molar-refractivity contribution in [2.75, 3.05) is 11.9 Å². The zero-order valence-electron chi connectivity index (χ0n) is 12.8. The standard InChI is InChI=1S/C17H15ClFNO4/c1-11(17(22)20-15-8-7-12(19)9-14(15)18)24-16(21)10-23-13-5-3-2-4-6-13/h2-9,11H,10H2,1H3,(H,20,22)/t11-/m0/s1. The minimum absolute atomic E-state index is 0.0503. The van der Waals surface area contributed by atoms with E-state index in [1.807, 2.05) is 6.07 Å². The summed E-state index contributed by atoms with van der Waals surface area (Å²) in [6.45, 7) is 1.09. The van der Waals surface area contributed by atoms with Crippen molar-refractivity contribution >= 4 is 29.2 Å². The molecule has 0 aliphatic rings. The number of nitrogens with one attached hydrogen (secondary N) is 1. The number of carbonyl (C=O) groups is 2. The molecule has 2 aromatic rings. The number of esters is 1. The van der Waals surface area contributed by atoms with E-state index in [1.54, 1.807) is 24.3 Å². The summed E-state index contributed by atoms with van der Waals surface area (Å²) in [6.07, 6.45) is -1.06. The molecular weight excluding hydrogens is 337 g/mol. The van der Waals surface area contributed by atoms with Gasteiger partial charge in [-0.25, -0.2) is 9.18 Å². The normalized spacial score (nSPS) is 11.5. The van der Waals surface area contributed by atoms with Gasteiger partial charge in [0.1, 0.15) is 11.6 Å². The van der Waals surface area contributed by atoms with Crippen LogP contribution >= 0.6 is 11.6 Å². The van der Waals surface area contributed by atoms with Gasteiger partial charge in [-0.05, 0) is 37.3 Å². The molecule has 0 saturated heterocycles. The van der Waals surface area contributed by atoms with Crippen LogP contribution in [0, 0.1) is 5.82 Å². The summed E-state index contributed by atoms with van der Waals surface area (Å²) in [5.41, 5.74) is 0.228.